The summed E-state index contributed by atoms with van der Waals surface area (Å²) in [5.41, 5.74) is 0.321. The van der Waals surface area contributed by atoms with Crippen molar-refractivity contribution in [3.63, 3.8) is 0 Å². The molecule has 1 heterocycles. The van der Waals surface area contributed by atoms with Gasteiger partial charge < -0.3 is 10.2 Å². The Kier molecular flexibility index (Phi) is 5.82. The van der Waals surface area contributed by atoms with Crippen LogP contribution < -0.4 is 0 Å². The molecule has 0 spiro atoms. The van der Waals surface area contributed by atoms with Crippen LogP contribution in [0.3, 0.4) is 0 Å². The van der Waals surface area contributed by atoms with Crippen molar-refractivity contribution in [2.45, 2.75) is 11.8 Å². The molecule has 0 bridgehead atoms. The normalized spacial score (nSPS) is 17.6. The number of carbonyl (C=O) groups is 1. The van der Waals surface area contributed by atoms with Crippen molar-refractivity contribution < 1.29 is 23.4 Å². The lowest BCUT2D eigenvalue weighted by Crippen LogP contribution is -2.29. The van der Waals surface area contributed by atoms with Crippen LogP contribution >= 0.6 is 27.7 Å². The molecular weight excluding hydrogens is 468 g/mol. The summed E-state index contributed by atoms with van der Waals surface area (Å²) in [6, 6.07) is 10.0. The number of amides is 1. The second kappa shape index (κ2) is 7.98. The molecule has 2 aromatic carbocycles. The molecule has 28 heavy (non-hydrogen) atoms. The Labute approximate surface area is 174 Å². The fraction of sp³-hybridized carbons (Fsp3) is 0.111. The maximum Gasteiger partial charge on any atom is 0.284 e. The smallest absolute Gasteiger partial charge is 0.284 e. The fourth-order valence-corrected chi connectivity index (χ4v) is 4.91. The highest BCUT2D eigenvalue weighted by molar-refractivity contribution is 9.10. The number of hydrogen-bond donors (Lipinski definition) is 2. The number of phenolic OH excluding ortho intramolecular Hbond substituents is 2. The largest absolute Gasteiger partial charge is 0.508 e. The van der Waals surface area contributed by atoms with E-state index >= 15 is 0 Å². The van der Waals surface area contributed by atoms with Crippen LogP contribution in [0.1, 0.15) is 12.5 Å². The Balaban J connectivity index is 1.98. The van der Waals surface area contributed by atoms with Gasteiger partial charge in [-0.2, -0.15) is 8.42 Å². The predicted molar refractivity (Wildman–Crippen MR) is 111 cm³/mol. The van der Waals surface area contributed by atoms with Gasteiger partial charge in [-0.25, -0.2) is 0 Å². The number of nitrogens with zero attached hydrogens (tertiary/aromatic N) is 2. The van der Waals surface area contributed by atoms with E-state index in [1.54, 1.807) is 19.1 Å². The van der Waals surface area contributed by atoms with E-state index < -0.39 is 15.9 Å². The summed E-state index contributed by atoms with van der Waals surface area (Å²) in [5, 5.41) is 19.3. The average molecular weight is 483 g/mol. The van der Waals surface area contributed by atoms with Gasteiger partial charge in [0.2, 0.25) is 0 Å². The first-order valence-electron chi connectivity index (χ1n) is 8.05. The number of benzene rings is 2. The van der Waals surface area contributed by atoms with Crippen molar-refractivity contribution in [2.24, 2.45) is 4.40 Å². The highest BCUT2D eigenvalue weighted by atomic mass is 79.9. The van der Waals surface area contributed by atoms with Crippen LogP contribution in [0.15, 0.2) is 61.1 Å². The number of hydrogen-bond acceptors (Lipinski definition) is 6. The number of phenols is 2. The third-order valence-corrected chi connectivity index (χ3v) is 6.75. The molecule has 0 radical (unpaired) electrons. The van der Waals surface area contributed by atoms with Crippen molar-refractivity contribution in [2.75, 3.05) is 6.54 Å². The topological polar surface area (TPSA) is 107 Å². The molecule has 1 aliphatic heterocycles. The van der Waals surface area contributed by atoms with Gasteiger partial charge in [0.15, 0.2) is 5.17 Å². The third-order valence-electron chi connectivity index (χ3n) is 3.81. The first kappa shape index (κ1) is 20.4. The van der Waals surface area contributed by atoms with Crippen molar-refractivity contribution in [3.8, 4) is 11.5 Å². The summed E-state index contributed by atoms with van der Waals surface area (Å²) in [5.74, 6) is -0.718. The van der Waals surface area contributed by atoms with Crippen LogP contribution in [0.25, 0.3) is 6.08 Å². The number of halogens is 1. The number of likely N-dealkylation sites (N-methyl/N-ethyl adjacent to an activating group) is 1. The lowest BCUT2D eigenvalue weighted by molar-refractivity contribution is -0.122. The molecule has 0 saturated carbocycles. The molecule has 7 nitrogen and oxygen atoms in total. The monoisotopic (exact) mass is 482 g/mol. The zero-order chi connectivity index (χ0) is 20.5. The van der Waals surface area contributed by atoms with Crippen LogP contribution in [-0.2, 0) is 14.8 Å². The molecule has 1 saturated heterocycles. The van der Waals surface area contributed by atoms with Gasteiger partial charge in [0.05, 0.1) is 9.80 Å². The van der Waals surface area contributed by atoms with Crippen LogP contribution in [-0.4, -0.2) is 41.2 Å². The highest BCUT2D eigenvalue weighted by Gasteiger charge is 2.34. The Morgan fingerprint density at radius 1 is 1.18 bits per heavy atom. The first-order valence-corrected chi connectivity index (χ1v) is 11.1. The Hall–Kier alpha value is -2.30. The van der Waals surface area contributed by atoms with Crippen LogP contribution in [0.4, 0.5) is 0 Å². The van der Waals surface area contributed by atoms with Crippen LogP contribution in [0.5, 0.6) is 11.5 Å². The number of sulfonamides is 1. The fourth-order valence-electron chi connectivity index (χ4n) is 2.41. The second-order valence-electron chi connectivity index (χ2n) is 5.71. The minimum absolute atomic E-state index is 0.0147. The number of amidine groups is 1. The van der Waals surface area contributed by atoms with Gasteiger partial charge in [0.1, 0.15) is 11.5 Å². The molecule has 1 fully saturated rings. The van der Waals surface area contributed by atoms with Gasteiger partial charge in [-0.15, -0.1) is 4.40 Å². The zero-order valence-corrected chi connectivity index (χ0v) is 17.8. The number of carbonyl (C=O) groups excluding carboxylic acids is 1. The standard InChI is InChI=1S/C18H15BrN2O5S2/c1-2-21-17(24)16(9-11-3-6-13(22)10-15(11)23)27-18(21)20-28(25,26)14-7-4-12(19)5-8-14/h3-10,22-23H,2H2,1H3/b16-9-,20-18+. The van der Waals surface area contributed by atoms with Gasteiger partial charge in [-0.1, -0.05) is 15.9 Å². The van der Waals surface area contributed by atoms with Gasteiger partial charge in [-0.05, 0) is 61.2 Å². The average Bonchev–Trinajstić information content (AvgIpc) is 2.91. The van der Waals surface area contributed by atoms with Crippen LogP contribution in [0, 0.1) is 0 Å². The van der Waals surface area contributed by atoms with Gasteiger partial charge in [0.25, 0.3) is 15.9 Å². The lowest BCUT2D eigenvalue weighted by atomic mass is 10.1. The quantitative estimate of drug-likeness (QED) is 0.645. The molecular formula is C18H15BrN2O5S2. The molecule has 0 atom stereocenters. The molecule has 1 aliphatic rings. The molecule has 0 aliphatic carbocycles. The number of rotatable bonds is 4. The third kappa shape index (κ3) is 4.23. The molecule has 0 aromatic heterocycles. The van der Waals surface area contributed by atoms with E-state index in [1.165, 1.54) is 35.2 Å². The van der Waals surface area contributed by atoms with E-state index in [9.17, 15) is 23.4 Å². The van der Waals surface area contributed by atoms with Gasteiger partial charge in [0, 0.05) is 22.6 Å². The summed E-state index contributed by atoms with van der Waals surface area (Å²) in [4.78, 5) is 14.1. The summed E-state index contributed by atoms with van der Waals surface area (Å²) in [6.07, 6.45) is 1.43. The highest BCUT2D eigenvalue weighted by Crippen LogP contribution is 2.35. The minimum atomic E-state index is -3.99. The Bertz CT molecular complexity index is 1100. The van der Waals surface area contributed by atoms with Crippen molar-refractivity contribution in [1.29, 1.82) is 0 Å². The molecule has 0 unspecified atom stereocenters. The van der Waals surface area contributed by atoms with Gasteiger partial charge >= 0.3 is 0 Å². The van der Waals surface area contributed by atoms with E-state index in [0.29, 0.717) is 5.56 Å². The van der Waals surface area contributed by atoms with E-state index in [4.69, 9.17) is 0 Å². The lowest BCUT2D eigenvalue weighted by Gasteiger charge is -2.11. The molecule has 10 heteroatoms. The summed E-state index contributed by atoms with van der Waals surface area (Å²) in [7, 11) is -3.99. The Morgan fingerprint density at radius 2 is 1.86 bits per heavy atom. The molecule has 146 valence electrons. The molecule has 3 rings (SSSR count). The van der Waals surface area contributed by atoms with E-state index in [0.717, 1.165) is 22.3 Å². The van der Waals surface area contributed by atoms with E-state index in [1.807, 2.05) is 0 Å². The summed E-state index contributed by atoms with van der Waals surface area (Å²) in [6.45, 7) is 1.95. The SMILES string of the molecule is CCN1C(=O)/C(=C/c2ccc(O)cc2O)S/C1=N/S(=O)(=O)c1ccc(Br)cc1. The van der Waals surface area contributed by atoms with E-state index in [-0.39, 0.29) is 33.0 Å². The van der Waals surface area contributed by atoms with Crippen molar-refractivity contribution >= 4 is 54.9 Å². The minimum Gasteiger partial charge on any atom is -0.508 e. The van der Waals surface area contributed by atoms with Gasteiger partial charge in [-0.3, -0.25) is 9.69 Å². The zero-order valence-electron chi connectivity index (χ0n) is 14.5. The number of thioether (sulfide) groups is 1. The van der Waals surface area contributed by atoms with Crippen molar-refractivity contribution in [3.05, 3.63) is 57.4 Å². The first-order chi connectivity index (χ1) is 13.2. The predicted octanol–water partition coefficient (Wildman–Crippen LogP) is 3.54. The summed E-state index contributed by atoms with van der Waals surface area (Å²) < 4.78 is 29.7. The summed E-state index contributed by atoms with van der Waals surface area (Å²) >= 11 is 4.16. The maximum absolute atomic E-state index is 12.6. The maximum atomic E-state index is 12.6. The molecule has 2 aromatic rings. The second-order valence-corrected chi connectivity index (χ2v) is 9.23. The Morgan fingerprint density at radius 3 is 2.46 bits per heavy atom. The van der Waals surface area contributed by atoms with Crippen LogP contribution in [0.2, 0.25) is 0 Å². The van der Waals surface area contributed by atoms with E-state index in [2.05, 4.69) is 20.3 Å². The molecule has 1 amide bonds. The number of aromatic hydroxyl groups is 2. The van der Waals surface area contributed by atoms with Crippen molar-refractivity contribution in [1.82, 2.24) is 4.90 Å². The molecule has 2 N–H and O–H groups in total.